The van der Waals surface area contributed by atoms with Crippen LogP contribution in [0.15, 0.2) is 0 Å². The van der Waals surface area contributed by atoms with Crippen LogP contribution in [0.25, 0.3) is 0 Å². The predicted octanol–water partition coefficient (Wildman–Crippen LogP) is -0.245. The number of rotatable bonds is 0. The van der Waals surface area contributed by atoms with Gasteiger partial charge in [0.25, 0.3) is 0 Å². The topological polar surface area (TPSA) is 84.2 Å². The van der Waals surface area contributed by atoms with Crippen LogP contribution in [-0.2, 0) is 9.59 Å². The fourth-order valence-electron chi connectivity index (χ4n) is 1.61. The number of carbonyl (C=O) groups excluding carboxylic acids is 2. The van der Waals surface area contributed by atoms with Gasteiger partial charge in [-0.25, -0.2) is 0 Å². The quantitative estimate of drug-likeness (QED) is 0.534. The number of nitrogens with one attached hydrogen (secondary N) is 2. The smallest absolute Gasteiger partial charge is 0.237 e. The van der Waals surface area contributed by atoms with Crippen LogP contribution in [0.2, 0.25) is 0 Å². The molecule has 2 atom stereocenters. The minimum Gasteiger partial charge on any atom is -0.356 e. The van der Waals surface area contributed by atoms with Crippen LogP contribution in [0, 0.1) is 5.41 Å². The molecule has 0 radical (unpaired) electrons. The standard InChI is InChI=1S/C11H21N3O2/c1-11(2,3)8-6-9(15)13-5-4-7(12)10(16)14-8/h7-8H,4-6,12H2,1-3H3,(H,13,15)(H,14,16). The summed E-state index contributed by atoms with van der Waals surface area (Å²) in [6, 6.07) is -0.715. The lowest BCUT2D eigenvalue weighted by Gasteiger charge is -2.31. The Balaban J connectivity index is 2.81. The van der Waals surface area contributed by atoms with Gasteiger partial charge in [-0.3, -0.25) is 9.59 Å². The molecule has 0 aliphatic carbocycles. The second-order valence-corrected chi connectivity index (χ2v) is 5.38. The number of hydrogen-bond donors (Lipinski definition) is 3. The van der Waals surface area contributed by atoms with E-state index in [0.29, 0.717) is 19.4 Å². The Hall–Kier alpha value is -1.10. The van der Waals surface area contributed by atoms with E-state index in [1.54, 1.807) is 0 Å². The Labute approximate surface area is 96.1 Å². The van der Waals surface area contributed by atoms with Crippen LogP contribution in [-0.4, -0.2) is 30.4 Å². The zero-order chi connectivity index (χ0) is 12.3. The first kappa shape index (κ1) is 13.0. The van der Waals surface area contributed by atoms with Crippen LogP contribution in [0.4, 0.5) is 0 Å². The lowest BCUT2D eigenvalue weighted by molar-refractivity contribution is -0.124. The zero-order valence-corrected chi connectivity index (χ0v) is 10.2. The highest BCUT2D eigenvalue weighted by atomic mass is 16.2. The van der Waals surface area contributed by atoms with E-state index in [2.05, 4.69) is 10.6 Å². The minimum atomic E-state index is -0.539. The average molecular weight is 227 g/mol. The molecular weight excluding hydrogens is 206 g/mol. The van der Waals surface area contributed by atoms with Crippen molar-refractivity contribution in [1.29, 1.82) is 0 Å². The zero-order valence-electron chi connectivity index (χ0n) is 10.2. The first-order valence-electron chi connectivity index (χ1n) is 5.63. The maximum Gasteiger partial charge on any atom is 0.237 e. The summed E-state index contributed by atoms with van der Waals surface area (Å²) in [4.78, 5) is 23.3. The Bertz CT molecular complexity index is 283. The molecule has 5 nitrogen and oxygen atoms in total. The summed E-state index contributed by atoms with van der Waals surface area (Å²) in [7, 11) is 0. The molecule has 0 spiro atoms. The summed E-state index contributed by atoms with van der Waals surface area (Å²) >= 11 is 0. The summed E-state index contributed by atoms with van der Waals surface area (Å²) in [6.07, 6.45) is 0.788. The highest BCUT2D eigenvalue weighted by molar-refractivity contribution is 5.84. The molecule has 1 saturated heterocycles. The Morgan fingerprint density at radius 1 is 1.31 bits per heavy atom. The van der Waals surface area contributed by atoms with Gasteiger partial charge in [0.15, 0.2) is 0 Å². The van der Waals surface area contributed by atoms with Gasteiger partial charge >= 0.3 is 0 Å². The van der Waals surface area contributed by atoms with E-state index in [-0.39, 0.29) is 23.3 Å². The third-order valence-electron chi connectivity index (χ3n) is 2.87. The van der Waals surface area contributed by atoms with Gasteiger partial charge < -0.3 is 16.4 Å². The largest absolute Gasteiger partial charge is 0.356 e. The summed E-state index contributed by atoms with van der Waals surface area (Å²) in [5.74, 6) is -0.203. The SMILES string of the molecule is CC(C)(C)C1CC(=O)NCCC(N)C(=O)N1. The molecule has 0 aromatic rings. The molecule has 92 valence electrons. The molecule has 0 saturated carbocycles. The van der Waals surface area contributed by atoms with Crippen LogP contribution in [0.5, 0.6) is 0 Å². The van der Waals surface area contributed by atoms with Crippen molar-refractivity contribution in [3.8, 4) is 0 Å². The molecule has 2 unspecified atom stereocenters. The van der Waals surface area contributed by atoms with E-state index in [4.69, 9.17) is 5.73 Å². The van der Waals surface area contributed by atoms with Gasteiger partial charge in [0.2, 0.25) is 11.8 Å². The molecule has 2 amide bonds. The van der Waals surface area contributed by atoms with Gasteiger partial charge in [0, 0.05) is 19.0 Å². The molecule has 0 bridgehead atoms. The van der Waals surface area contributed by atoms with Crippen molar-refractivity contribution in [3.05, 3.63) is 0 Å². The molecule has 16 heavy (non-hydrogen) atoms. The average Bonchev–Trinajstić information content (AvgIpc) is 2.19. The van der Waals surface area contributed by atoms with E-state index in [0.717, 1.165) is 0 Å². The molecule has 1 fully saturated rings. The molecule has 1 heterocycles. The normalized spacial score (nSPS) is 28.5. The molecule has 0 aromatic carbocycles. The molecule has 1 rings (SSSR count). The second-order valence-electron chi connectivity index (χ2n) is 5.38. The van der Waals surface area contributed by atoms with Gasteiger partial charge in [-0.05, 0) is 11.8 Å². The summed E-state index contributed by atoms with van der Waals surface area (Å²) < 4.78 is 0. The molecule has 4 N–H and O–H groups in total. The maximum atomic E-state index is 11.7. The molecule has 1 aliphatic heterocycles. The van der Waals surface area contributed by atoms with E-state index in [9.17, 15) is 9.59 Å². The molecular formula is C11H21N3O2. The fourth-order valence-corrected chi connectivity index (χ4v) is 1.61. The van der Waals surface area contributed by atoms with Crippen LogP contribution in [0.1, 0.15) is 33.6 Å². The van der Waals surface area contributed by atoms with E-state index in [1.165, 1.54) is 0 Å². The number of nitrogens with two attached hydrogens (primary N) is 1. The van der Waals surface area contributed by atoms with Crippen LogP contribution >= 0.6 is 0 Å². The van der Waals surface area contributed by atoms with Crippen molar-refractivity contribution in [1.82, 2.24) is 10.6 Å². The number of hydrogen-bond acceptors (Lipinski definition) is 3. The summed E-state index contributed by atoms with van der Waals surface area (Å²) in [5.41, 5.74) is 5.55. The van der Waals surface area contributed by atoms with Gasteiger partial charge in [-0.15, -0.1) is 0 Å². The van der Waals surface area contributed by atoms with E-state index < -0.39 is 6.04 Å². The fraction of sp³-hybridized carbons (Fsp3) is 0.818. The van der Waals surface area contributed by atoms with Crippen molar-refractivity contribution in [3.63, 3.8) is 0 Å². The Morgan fingerprint density at radius 3 is 2.50 bits per heavy atom. The van der Waals surface area contributed by atoms with Crippen LogP contribution in [0.3, 0.4) is 0 Å². The first-order chi connectivity index (χ1) is 7.30. The van der Waals surface area contributed by atoms with E-state index in [1.807, 2.05) is 20.8 Å². The van der Waals surface area contributed by atoms with Crippen molar-refractivity contribution in [2.24, 2.45) is 11.1 Å². The van der Waals surface area contributed by atoms with Gasteiger partial charge in [-0.1, -0.05) is 20.8 Å². The Kier molecular flexibility index (Phi) is 3.91. The van der Waals surface area contributed by atoms with Crippen molar-refractivity contribution in [2.45, 2.75) is 45.7 Å². The lowest BCUT2D eigenvalue weighted by Crippen LogP contribution is -2.50. The summed E-state index contributed by atoms with van der Waals surface area (Å²) in [5, 5.41) is 5.62. The molecule has 0 aromatic heterocycles. The summed E-state index contributed by atoms with van der Waals surface area (Å²) in [6.45, 7) is 6.45. The molecule has 1 aliphatic rings. The number of carbonyl (C=O) groups is 2. The minimum absolute atomic E-state index is 0.0330. The highest BCUT2D eigenvalue weighted by Gasteiger charge is 2.30. The third kappa shape index (κ3) is 3.48. The second kappa shape index (κ2) is 4.82. The third-order valence-corrected chi connectivity index (χ3v) is 2.87. The van der Waals surface area contributed by atoms with Gasteiger partial charge in [-0.2, -0.15) is 0 Å². The van der Waals surface area contributed by atoms with Crippen LogP contribution < -0.4 is 16.4 Å². The monoisotopic (exact) mass is 227 g/mol. The maximum absolute atomic E-state index is 11.7. The van der Waals surface area contributed by atoms with Crippen molar-refractivity contribution in [2.75, 3.05) is 6.54 Å². The lowest BCUT2D eigenvalue weighted by atomic mass is 9.84. The first-order valence-corrected chi connectivity index (χ1v) is 5.63. The van der Waals surface area contributed by atoms with E-state index >= 15 is 0 Å². The van der Waals surface area contributed by atoms with Crippen molar-refractivity contribution < 1.29 is 9.59 Å². The number of amides is 2. The predicted molar refractivity (Wildman–Crippen MR) is 61.6 cm³/mol. The molecule has 5 heteroatoms. The van der Waals surface area contributed by atoms with Crippen molar-refractivity contribution >= 4 is 11.8 Å². The highest BCUT2D eigenvalue weighted by Crippen LogP contribution is 2.22. The Morgan fingerprint density at radius 2 is 1.94 bits per heavy atom. The van der Waals surface area contributed by atoms with Gasteiger partial charge in [0.05, 0.1) is 6.04 Å². The van der Waals surface area contributed by atoms with Gasteiger partial charge in [0.1, 0.15) is 0 Å².